The maximum atomic E-state index is 14.8. The van der Waals surface area contributed by atoms with Crippen LogP contribution in [0.15, 0.2) is 16.7 Å². The molecule has 1 heterocycles. The van der Waals surface area contributed by atoms with Crippen LogP contribution in [0, 0.1) is 35.9 Å². The van der Waals surface area contributed by atoms with Crippen molar-refractivity contribution < 1.29 is 19.1 Å². The molecule has 2 fully saturated rings. The van der Waals surface area contributed by atoms with Gasteiger partial charge in [-0.2, -0.15) is 0 Å². The van der Waals surface area contributed by atoms with Gasteiger partial charge in [-0.1, -0.05) is 6.92 Å². The number of benzene rings is 1. The molecule has 0 bridgehead atoms. The van der Waals surface area contributed by atoms with Crippen LogP contribution < -0.4 is 5.32 Å². The fraction of sp³-hybridized carbons (Fsp3) is 0.560. The van der Waals surface area contributed by atoms with E-state index in [1.54, 1.807) is 6.20 Å². The van der Waals surface area contributed by atoms with Gasteiger partial charge in [0.05, 0.1) is 4.47 Å². The lowest BCUT2D eigenvalue weighted by atomic mass is 9.54. The molecule has 3 aliphatic carbocycles. The van der Waals surface area contributed by atoms with Crippen molar-refractivity contribution in [2.45, 2.75) is 64.7 Å². The first-order valence-corrected chi connectivity index (χ1v) is 13.2. The van der Waals surface area contributed by atoms with E-state index in [-0.39, 0.29) is 40.7 Å². The Hall–Kier alpha value is -1.80. The van der Waals surface area contributed by atoms with Crippen LogP contribution in [-0.2, 0) is 16.0 Å². The van der Waals surface area contributed by atoms with Crippen LogP contribution in [0.5, 0.6) is 5.75 Å². The lowest BCUT2D eigenvalue weighted by Crippen LogP contribution is -2.44. The van der Waals surface area contributed by atoms with E-state index in [2.05, 4.69) is 33.2 Å². The van der Waals surface area contributed by atoms with Crippen molar-refractivity contribution >= 4 is 44.1 Å². The van der Waals surface area contributed by atoms with Crippen LogP contribution in [0.3, 0.4) is 0 Å². The number of aromatic nitrogens is 1. The smallest absolute Gasteiger partial charge is 0.226 e. The molecule has 2 N–H and O–H groups in total. The molecule has 2 aromatic rings. The molecule has 1 aromatic heterocycles. The number of rotatable bonds is 4. The zero-order valence-corrected chi connectivity index (χ0v) is 21.2. The first-order chi connectivity index (χ1) is 15.7. The quantitative estimate of drug-likeness (QED) is 0.494. The van der Waals surface area contributed by atoms with Gasteiger partial charge in [0.1, 0.15) is 5.78 Å². The molecule has 3 aliphatic rings. The fourth-order valence-corrected chi connectivity index (χ4v) is 7.98. The SMILES string of the molecule is Cc1cnc(NC(=O)CCC2CC(=O)C3(C)CCC4c5cc(Br)c(O)c(F)c5CCC4C23)s1. The fourth-order valence-electron chi connectivity index (χ4n) is 6.87. The molecule has 1 amide bonds. The minimum atomic E-state index is -0.515. The molecule has 176 valence electrons. The van der Waals surface area contributed by atoms with Crippen LogP contribution in [-0.4, -0.2) is 21.8 Å². The molecule has 5 unspecified atom stereocenters. The molecule has 0 spiro atoms. The normalized spacial score (nSPS) is 30.5. The number of thiazole rings is 1. The summed E-state index contributed by atoms with van der Waals surface area (Å²) >= 11 is 4.76. The van der Waals surface area contributed by atoms with E-state index in [0.29, 0.717) is 46.6 Å². The Bertz CT molecular complexity index is 1140. The van der Waals surface area contributed by atoms with Crippen LogP contribution in [0.25, 0.3) is 0 Å². The van der Waals surface area contributed by atoms with Crippen molar-refractivity contribution in [2.75, 3.05) is 5.32 Å². The Morgan fingerprint density at radius 3 is 2.94 bits per heavy atom. The summed E-state index contributed by atoms with van der Waals surface area (Å²) < 4.78 is 15.2. The number of aromatic hydroxyl groups is 1. The van der Waals surface area contributed by atoms with Gasteiger partial charge in [0.2, 0.25) is 5.91 Å². The summed E-state index contributed by atoms with van der Waals surface area (Å²) in [6, 6.07) is 1.88. The summed E-state index contributed by atoms with van der Waals surface area (Å²) in [5, 5.41) is 13.5. The van der Waals surface area contributed by atoms with E-state index < -0.39 is 5.82 Å². The van der Waals surface area contributed by atoms with E-state index in [0.717, 1.165) is 29.7 Å². The standard InChI is InChI=1S/C25H28BrFN2O3S/c1-12-11-28-24(33-12)29-20(31)6-3-13-9-19(30)25(2)8-7-14-15(21(13)25)4-5-16-17(14)10-18(26)23(32)22(16)27/h10-11,13-15,21,32H,3-9H2,1-2H3,(H,28,29,31). The van der Waals surface area contributed by atoms with E-state index in [1.807, 2.05) is 13.0 Å². The summed E-state index contributed by atoms with van der Waals surface area (Å²) in [5.74, 6) is 0.243. The second kappa shape index (κ2) is 8.45. The topological polar surface area (TPSA) is 79.3 Å². The molecule has 0 radical (unpaired) electrons. The summed E-state index contributed by atoms with van der Waals surface area (Å²) in [6.07, 6.45) is 6.32. The van der Waals surface area contributed by atoms with Crippen LogP contribution in [0.4, 0.5) is 9.52 Å². The van der Waals surface area contributed by atoms with E-state index >= 15 is 0 Å². The van der Waals surface area contributed by atoms with Gasteiger partial charge < -0.3 is 10.4 Å². The highest BCUT2D eigenvalue weighted by Gasteiger charge is 2.58. The Morgan fingerprint density at radius 2 is 2.21 bits per heavy atom. The Labute approximate surface area is 205 Å². The predicted octanol–water partition coefficient (Wildman–Crippen LogP) is 6.13. The second-order valence-corrected chi connectivity index (χ2v) is 12.2. The number of nitrogens with one attached hydrogen (secondary N) is 1. The minimum absolute atomic E-state index is 0.0618. The Morgan fingerprint density at radius 1 is 1.42 bits per heavy atom. The molecular formula is C25H28BrFN2O3S. The Balaban J connectivity index is 1.37. The highest BCUT2D eigenvalue weighted by Crippen LogP contribution is 2.62. The number of hydrogen-bond donors (Lipinski definition) is 2. The summed E-state index contributed by atoms with van der Waals surface area (Å²) in [5.41, 5.74) is 1.24. The molecule has 33 heavy (non-hydrogen) atoms. The molecule has 5 nitrogen and oxygen atoms in total. The van der Waals surface area contributed by atoms with E-state index in [1.165, 1.54) is 11.3 Å². The van der Waals surface area contributed by atoms with Gasteiger partial charge in [-0.05, 0) is 95.8 Å². The third-order valence-electron chi connectivity index (χ3n) is 8.35. The highest BCUT2D eigenvalue weighted by molar-refractivity contribution is 9.10. The number of halogens is 2. The number of phenolic OH excluding ortho intramolecular Hbond substituents is 1. The number of aryl methyl sites for hydroxylation is 1. The van der Waals surface area contributed by atoms with E-state index in [9.17, 15) is 19.1 Å². The summed E-state index contributed by atoms with van der Waals surface area (Å²) in [6.45, 7) is 4.06. The molecule has 0 saturated heterocycles. The molecule has 8 heteroatoms. The van der Waals surface area contributed by atoms with Crippen molar-refractivity contribution in [3.8, 4) is 5.75 Å². The molecule has 1 aromatic carbocycles. The number of nitrogens with zero attached hydrogens (tertiary/aromatic N) is 1. The van der Waals surface area contributed by atoms with Gasteiger partial charge in [-0.3, -0.25) is 9.59 Å². The van der Waals surface area contributed by atoms with Gasteiger partial charge in [-0.15, -0.1) is 11.3 Å². The molecule has 2 saturated carbocycles. The van der Waals surface area contributed by atoms with Gasteiger partial charge in [0, 0.05) is 29.3 Å². The summed E-state index contributed by atoms with van der Waals surface area (Å²) in [4.78, 5) is 30.9. The number of ketones is 1. The molecule has 5 atom stereocenters. The van der Waals surface area contributed by atoms with Gasteiger partial charge in [-0.25, -0.2) is 9.37 Å². The number of Topliss-reactive ketones (excluding diaryl/α,β-unsaturated/α-hetero) is 1. The van der Waals surface area contributed by atoms with Crippen molar-refractivity contribution in [1.29, 1.82) is 0 Å². The molecular weight excluding hydrogens is 507 g/mol. The largest absolute Gasteiger partial charge is 0.504 e. The first kappa shape index (κ1) is 23.0. The number of fused-ring (bicyclic) bond motifs is 5. The maximum Gasteiger partial charge on any atom is 0.226 e. The average Bonchev–Trinajstić information content (AvgIpc) is 3.30. The van der Waals surface area contributed by atoms with Crippen LogP contribution in [0.2, 0.25) is 0 Å². The lowest BCUT2D eigenvalue weighted by molar-refractivity contribution is -0.129. The lowest BCUT2D eigenvalue weighted by Gasteiger charge is -2.50. The highest BCUT2D eigenvalue weighted by atomic mass is 79.9. The number of amides is 1. The number of carbonyl (C=O) groups excluding carboxylic acids is 2. The molecule has 0 aliphatic heterocycles. The molecule has 5 rings (SSSR count). The second-order valence-electron chi connectivity index (χ2n) is 10.1. The van der Waals surface area contributed by atoms with Gasteiger partial charge in [0.15, 0.2) is 16.7 Å². The third-order valence-corrected chi connectivity index (χ3v) is 9.78. The number of hydrogen-bond acceptors (Lipinski definition) is 5. The van der Waals surface area contributed by atoms with Crippen molar-refractivity contribution in [3.63, 3.8) is 0 Å². The number of carbonyl (C=O) groups is 2. The minimum Gasteiger partial charge on any atom is -0.504 e. The monoisotopic (exact) mass is 534 g/mol. The number of phenols is 1. The van der Waals surface area contributed by atoms with Crippen molar-refractivity contribution in [1.82, 2.24) is 4.98 Å². The maximum absolute atomic E-state index is 14.8. The zero-order chi connectivity index (χ0) is 23.5. The van der Waals surface area contributed by atoms with Gasteiger partial charge in [0.25, 0.3) is 0 Å². The van der Waals surface area contributed by atoms with E-state index in [4.69, 9.17) is 0 Å². The van der Waals surface area contributed by atoms with Gasteiger partial charge >= 0.3 is 0 Å². The number of anilines is 1. The summed E-state index contributed by atoms with van der Waals surface area (Å²) in [7, 11) is 0. The van der Waals surface area contributed by atoms with Crippen molar-refractivity contribution in [3.05, 3.63) is 38.6 Å². The first-order valence-electron chi connectivity index (χ1n) is 11.6. The van der Waals surface area contributed by atoms with Crippen LogP contribution >= 0.6 is 27.3 Å². The van der Waals surface area contributed by atoms with Crippen LogP contribution in [0.1, 0.15) is 67.4 Å². The zero-order valence-electron chi connectivity index (χ0n) is 18.8. The Kier molecular flexibility index (Phi) is 5.88. The third kappa shape index (κ3) is 3.83. The predicted molar refractivity (Wildman–Crippen MR) is 129 cm³/mol. The average molecular weight is 535 g/mol. The van der Waals surface area contributed by atoms with Crippen molar-refractivity contribution in [2.24, 2.45) is 23.2 Å².